The van der Waals surface area contributed by atoms with Gasteiger partial charge in [-0.3, -0.25) is 4.79 Å². The van der Waals surface area contributed by atoms with Crippen molar-refractivity contribution in [1.29, 1.82) is 0 Å². The number of aryl methyl sites for hydroxylation is 1. The van der Waals surface area contributed by atoms with E-state index in [1.165, 1.54) is 18.2 Å². The van der Waals surface area contributed by atoms with Crippen molar-refractivity contribution in [2.45, 2.75) is 20.3 Å². The van der Waals surface area contributed by atoms with E-state index in [4.69, 9.17) is 9.15 Å². The number of hydrogen-bond acceptors (Lipinski definition) is 3. The maximum Gasteiger partial charge on any atom is 0.223 e. The SMILES string of the molecule is CCCOCC(=O)c1oc2ccc(F)cc2c1C. The van der Waals surface area contributed by atoms with Gasteiger partial charge in [0, 0.05) is 17.6 Å². The quantitative estimate of drug-likeness (QED) is 0.602. The highest BCUT2D eigenvalue weighted by atomic mass is 19.1. The molecule has 0 amide bonds. The summed E-state index contributed by atoms with van der Waals surface area (Å²) in [7, 11) is 0. The molecule has 0 aliphatic carbocycles. The number of carbonyl (C=O) groups excluding carboxylic acids is 1. The van der Waals surface area contributed by atoms with E-state index in [0.717, 1.165) is 6.42 Å². The Balaban J connectivity index is 2.28. The lowest BCUT2D eigenvalue weighted by molar-refractivity contribution is 0.0735. The molecule has 0 radical (unpaired) electrons. The van der Waals surface area contributed by atoms with E-state index < -0.39 is 0 Å². The molecule has 0 bridgehead atoms. The van der Waals surface area contributed by atoms with Crippen LogP contribution in [0.4, 0.5) is 4.39 Å². The molecule has 2 aromatic rings. The molecule has 0 spiro atoms. The van der Waals surface area contributed by atoms with Gasteiger partial charge in [0.2, 0.25) is 5.78 Å². The zero-order chi connectivity index (χ0) is 13.1. The average Bonchev–Trinajstić information content (AvgIpc) is 2.67. The van der Waals surface area contributed by atoms with Crippen LogP contribution in [0, 0.1) is 12.7 Å². The molecule has 0 atom stereocenters. The van der Waals surface area contributed by atoms with Gasteiger partial charge in [-0.05, 0) is 31.5 Å². The number of Topliss-reactive ketones (excluding diaryl/α,β-unsaturated/α-hetero) is 1. The Bertz CT molecular complexity index is 572. The summed E-state index contributed by atoms with van der Waals surface area (Å²) in [6.45, 7) is 4.26. The molecule has 18 heavy (non-hydrogen) atoms. The number of rotatable bonds is 5. The Morgan fingerprint density at radius 1 is 1.44 bits per heavy atom. The number of ketones is 1. The number of carbonyl (C=O) groups is 1. The monoisotopic (exact) mass is 250 g/mol. The van der Waals surface area contributed by atoms with Crippen LogP contribution in [0.3, 0.4) is 0 Å². The maximum absolute atomic E-state index is 13.1. The van der Waals surface area contributed by atoms with Crippen molar-refractivity contribution >= 4 is 16.8 Å². The summed E-state index contributed by atoms with van der Waals surface area (Å²) < 4.78 is 23.8. The predicted molar refractivity (Wildman–Crippen MR) is 66.3 cm³/mol. The maximum atomic E-state index is 13.1. The van der Waals surface area contributed by atoms with E-state index in [0.29, 0.717) is 23.1 Å². The van der Waals surface area contributed by atoms with Crippen molar-refractivity contribution in [2.75, 3.05) is 13.2 Å². The Labute approximate surface area is 105 Å². The van der Waals surface area contributed by atoms with Crippen LogP contribution in [-0.2, 0) is 4.74 Å². The van der Waals surface area contributed by atoms with E-state index in [2.05, 4.69) is 0 Å². The summed E-state index contributed by atoms with van der Waals surface area (Å²) in [6.07, 6.45) is 0.859. The fraction of sp³-hybridized carbons (Fsp3) is 0.357. The van der Waals surface area contributed by atoms with Crippen LogP contribution in [0.15, 0.2) is 22.6 Å². The van der Waals surface area contributed by atoms with Crippen molar-refractivity contribution < 1.29 is 18.3 Å². The van der Waals surface area contributed by atoms with Crippen molar-refractivity contribution in [1.82, 2.24) is 0 Å². The summed E-state index contributed by atoms with van der Waals surface area (Å²) in [5, 5.41) is 0.633. The van der Waals surface area contributed by atoms with Gasteiger partial charge in [-0.1, -0.05) is 6.92 Å². The van der Waals surface area contributed by atoms with Gasteiger partial charge in [0.1, 0.15) is 18.0 Å². The molecule has 0 fully saturated rings. The fourth-order valence-electron chi connectivity index (χ4n) is 1.83. The van der Waals surface area contributed by atoms with Crippen LogP contribution in [0.5, 0.6) is 0 Å². The third-order valence-corrected chi connectivity index (χ3v) is 2.73. The number of hydrogen-bond donors (Lipinski definition) is 0. The Kier molecular flexibility index (Phi) is 3.77. The van der Waals surface area contributed by atoms with Gasteiger partial charge in [0.15, 0.2) is 5.76 Å². The van der Waals surface area contributed by atoms with Gasteiger partial charge in [0.25, 0.3) is 0 Å². The van der Waals surface area contributed by atoms with Crippen LogP contribution in [0.25, 0.3) is 11.0 Å². The second-order valence-corrected chi connectivity index (χ2v) is 4.17. The van der Waals surface area contributed by atoms with E-state index in [-0.39, 0.29) is 24.0 Å². The first kappa shape index (κ1) is 12.8. The molecule has 3 nitrogen and oxygen atoms in total. The first-order chi connectivity index (χ1) is 8.63. The van der Waals surface area contributed by atoms with Crippen molar-refractivity contribution in [3.63, 3.8) is 0 Å². The number of furan rings is 1. The van der Waals surface area contributed by atoms with Crippen molar-refractivity contribution in [3.8, 4) is 0 Å². The third kappa shape index (κ3) is 2.43. The van der Waals surface area contributed by atoms with Gasteiger partial charge in [0.05, 0.1) is 0 Å². The summed E-state index contributed by atoms with van der Waals surface area (Å²) in [4.78, 5) is 11.9. The first-order valence-electron chi connectivity index (χ1n) is 5.93. The number of fused-ring (bicyclic) bond motifs is 1. The highest BCUT2D eigenvalue weighted by Crippen LogP contribution is 2.26. The first-order valence-corrected chi connectivity index (χ1v) is 5.93. The lowest BCUT2D eigenvalue weighted by Gasteiger charge is -2.00. The molecule has 0 saturated carbocycles. The van der Waals surface area contributed by atoms with E-state index in [1.54, 1.807) is 6.92 Å². The Morgan fingerprint density at radius 3 is 2.94 bits per heavy atom. The molecule has 96 valence electrons. The van der Waals surface area contributed by atoms with E-state index >= 15 is 0 Å². The molecule has 0 aliphatic rings. The summed E-state index contributed by atoms with van der Waals surface area (Å²) >= 11 is 0. The molecule has 0 aliphatic heterocycles. The van der Waals surface area contributed by atoms with Crippen LogP contribution in [0.1, 0.15) is 29.5 Å². The minimum absolute atomic E-state index is 0.00299. The minimum atomic E-state index is -0.340. The van der Waals surface area contributed by atoms with Gasteiger partial charge in [-0.2, -0.15) is 0 Å². The topological polar surface area (TPSA) is 39.4 Å². The van der Waals surface area contributed by atoms with Crippen molar-refractivity contribution in [3.05, 3.63) is 35.3 Å². The van der Waals surface area contributed by atoms with E-state index in [1.807, 2.05) is 6.92 Å². The number of ether oxygens (including phenoxy) is 1. The van der Waals surface area contributed by atoms with Crippen LogP contribution < -0.4 is 0 Å². The normalized spacial score (nSPS) is 11.1. The second-order valence-electron chi connectivity index (χ2n) is 4.17. The largest absolute Gasteiger partial charge is 0.453 e. The average molecular weight is 250 g/mol. The molecule has 0 N–H and O–H groups in total. The van der Waals surface area contributed by atoms with Gasteiger partial charge < -0.3 is 9.15 Å². The number of benzene rings is 1. The van der Waals surface area contributed by atoms with Gasteiger partial charge in [-0.25, -0.2) is 4.39 Å². The molecule has 0 saturated heterocycles. The van der Waals surface area contributed by atoms with Crippen LogP contribution in [0.2, 0.25) is 0 Å². The van der Waals surface area contributed by atoms with Gasteiger partial charge in [-0.15, -0.1) is 0 Å². The standard InChI is InChI=1S/C14H15FO3/c1-3-6-17-8-12(16)14-9(2)11-7-10(15)4-5-13(11)18-14/h4-5,7H,3,6,8H2,1-2H3. The smallest absolute Gasteiger partial charge is 0.223 e. The highest BCUT2D eigenvalue weighted by Gasteiger charge is 2.17. The molecule has 1 aromatic carbocycles. The van der Waals surface area contributed by atoms with Gasteiger partial charge >= 0.3 is 0 Å². The van der Waals surface area contributed by atoms with E-state index in [9.17, 15) is 9.18 Å². The fourth-order valence-corrected chi connectivity index (χ4v) is 1.83. The minimum Gasteiger partial charge on any atom is -0.453 e. The second kappa shape index (κ2) is 5.31. The summed E-state index contributed by atoms with van der Waals surface area (Å²) in [5.41, 5.74) is 1.18. The molecule has 0 unspecified atom stereocenters. The molecule has 2 rings (SSSR count). The molecule has 1 heterocycles. The molecular weight excluding hydrogens is 235 g/mol. The lowest BCUT2D eigenvalue weighted by atomic mass is 10.1. The summed E-state index contributed by atoms with van der Waals surface area (Å²) in [5.74, 6) is -0.295. The molecule has 4 heteroatoms. The third-order valence-electron chi connectivity index (χ3n) is 2.73. The molecule has 1 aromatic heterocycles. The Morgan fingerprint density at radius 2 is 2.22 bits per heavy atom. The van der Waals surface area contributed by atoms with Crippen LogP contribution in [-0.4, -0.2) is 19.0 Å². The molecular formula is C14H15FO3. The predicted octanol–water partition coefficient (Wildman–Crippen LogP) is 3.49. The zero-order valence-electron chi connectivity index (χ0n) is 10.5. The summed E-state index contributed by atoms with van der Waals surface area (Å²) in [6, 6.07) is 4.21. The zero-order valence-corrected chi connectivity index (χ0v) is 10.5. The van der Waals surface area contributed by atoms with Crippen LogP contribution >= 0.6 is 0 Å². The Hall–Kier alpha value is -1.68. The highest BCUT2D eigenvalue weighted by molar-refractivity contribution is 6.00. The van der Waals surface area contributed by atoms with Crippen molar-refractivity contribution in [2.24, 2.45) is 0 Å². The number of halogens is 1. The lowest BCUT2D eigenvalue weighted by Crippen LogP contribution is -2.09.